The predicted octanol–water partition coefficient (Wildman–Crippen LogP) is 4.89. The summed E-state index contributed by atoms with van der Waals surface area (Å²) >= 11 is 0. The number of carboxylic acid groups (broad SMARTS) is 1. The minimum atomic E-state index is -1.07. The number of ether oxygens (including phenoxy) is 1. The van der Waals surface area contributed by atoms with E-state index in [-0.39, 0.29) is 5.69 Å². The van der Waals surface area contributed by atoms with Crippen LogP contribution in [0, 0.1) is 6.92 Å². The van der Waals surface area contributed by atoms with Crippen molar-refractivity contribution in [2.45, 2.75) is 46.5 Å². The second-order valence-corrected chi connectivity index (χ2v) is 5.94. The molecule has 2 rings (SSSR count). The SMILES string of the molecule is CCCCc1ccc(-c2ccc(OCCC)c(C(=O)O)n2)cc1C. The molecular formula is C20H25NO3. The smallest absolute Gasteiger partial charge is 0.358 e. The van der Waals surface area contributed by atoms with Gasteiger partial charge in [0.25, 0.3) is 0 Å². The van der Waals surface area contributed by atoms with Gasteiger partial charge in [0.2, 0.25) is 0 Å². The number of aromatic carboxylic acids is 1. The molecule has 1 aromatic carbocycles. The van der Waals surface area contributed by atoms with E-state index < -0.39 is 5.97 Å². The van der Waals surface area contributed by atoms with Gasteiger partial charge in [0.05, 0.1) is 12.3 Å². The average Bonchev–Trinajstić information content (AvgIpc) is 2.58. The van der Waals surface area contributed by atoms with E-state index in [9.17, 15) is 9.90 Å². The van der Waals surface area contributed by atoms with E-state index in [4.69, 9.17) is 4.74 Å². The highest BCUT2D eigenvalue weighted by Gasteiger charge is 2.15. The minimum absolute atomic E-state index is 0.0336. The topological polar surface area (TPSA) is 59.4 Å². The first-order chi connectivity index (χ1) is 11.6. The summed E-state index contributed by atoms with van der Waals surface area (Å²) in [6, 6.07) is 9.72. The molecule has 24 heavy (non-hydrogen) atoms. The Morgan fingerprint density at radius 2 is 1.96 bits per heavy atom. The highest BCUT2D eigenvalue weighted by atomic mass is 16.5. The lowest BCUT2D eigenvalue weighted by molar-refractivity contribution is 0.0685. The number of carboxylic acids is 1. The van der Waals surface area contributed by atoms with E-state index in [2.05, 4.69) is 31.0 Å². The van der Waals surface area contributed by atoms with Crippen LogP contribution in [0.5, 0.6) is 5.75 Å². The number of hydrogen-bond donors (Lipinski definition) is 1. The summed E-state index contributed by atoms with van der Waals surface area (Å²) in [5.41, 5.74) is 4.10. The van der Waals surface area contributed by atoms with Gasteiger partial charge in [-0.2, -0.15) is 0 Å². The number of pyridine rings is 1. The average molecular weight is 327 g/mol. The zero-order chi connectivity index (χ0) is 17.5. The molecule has 4 nitrogen and oxygen atoms in total. The highest BCUT2D eigenvalue weighted by Crippen LogP contribution is 2.26. The van der Waals surface area contributed by atoms with Gasteiger partial charge >= 0.3 is 5.97 Å². The maximum absolute atomic E-state index is 11.5. The summed E-state index contributed by atoms with van der Waals surface area (Å²) in [6.07, 6.45) is 4.23. The van der Waals surface area contributed by atoms with Crippen molar-refractivity contribution < 1.29 is 14.6 Å². The number of hydrogen-bond acceptors (Lipinski definition) is 3. The van der Waals surface area contributed by atoms with Crippen molar-refractivity contribution in [3.05, 3.63) is 47.2 Å². The van der Waals surface area contributed by atoms with Crippen LogP contribution in [0.3, 0.4) is 0 Å². The lowest BCUT2D eigenvalue weighted by Gasteiger charge is -2.11. The maximum atomic E-state index is 11.5. The first-order valence-electron chi connectivity index (χ1n) is 8.53. The second-order valence-electron chi connectivity index (χ2n) is 5.94. The summed E-state index contributed by atoms with van der Waals surface area (Å²) in [5.74, 6) is -0.747. The monoisotopic (exact) mass is 327 g/mol. The van der Waals surface area contributed by atoms with Gasteiger partial charge in [0.15, 0.2) is 11.4 Å². The molecule has 1 N–H and O–H groups in total. The van der Waals surface area contributed by atoms with Crippen LogP contribution in [0.25, 0.3) is 11.3 Å². The van der Waals surface area contributed by atoms with E-state index in [1.165, 1.54) is 24.0 Å². The first-order valence-corrected chi connectivity index (χ1v) is 8.53. The predicted molar refractivity (Wildman–Crippen MR) is 95.8 cm³/mol. The number of benzene rings is 1. The molecule has 0 aliphatic rings. The van der Waals surface area contributed by atoms with E-state index in [1.807, 2.05) is 19.1 Å². The van der Waals surface area contributed by atoms with Crippen LogP contribution >= 0.6 is 0 Å². The second kappa shape index (κ2) is 8.48. The van der Waals surface area contributed by atoms with Crippen LogP contribution in [0.1, 0.15) is 54.7 Å². The van der Waals surface area contributed by atoms with Crippen molar-refractivity contribution in [2.75, 3.05) is 6.61 Å². The molecule has 4 heteroatoms. The van der Waals surface area contributed by atoms with E-state index in [1.54, 1.807) is 6.07 Å². The third-order valence-electron chi connectivity index (χ3n) is 3.96. The Hall–Kier alpha value is -2.36. The van der Waals surface area contributed by atoms with Gasteiger partial charge < -0.3 is 9.84 Å². The van der Waals surface area contributed by atoms with Crippen molar-refractivity contribution in [3.63, 3.8) is 0 Å². The molecule has 128 valence electrons. The Bertz CT molecular complexity index is 710. The molecule has 0 saturated carbocycles. The highest BCUT2D eigenvalue weighted by molar-refractivity contribution is 5.89. The lowest BCUT2D eigenvalue weighted by Crippen LogP contribution is -2.07. The van der Waals surface area contributed by atoms with Gasteiger partial charge in [-0.3, -0.25) is 0 Å². The molecule has 0 fully saturated rings. The number of nitrogens with zero attached hydrogens (tertiary/aromatic N) is 1. The van der Waals surface area contributed by atoms with Crippen LogP contribution in [-0.2, 0) is 6.42 Å². The molecule has 1 aromatic heterocycles. The molecule has 0 amide bonds. The fraction of sp³-hybridized carbons (Fsp3) is 0.400. The minimum Gasteiger partial charge on any atom is -0.491 e. The molecule has 2 aromatic rings. The fourth-order valence-corrected chi connectivity index (χ4v) is 2.59. The zero-order valence-electron chi connectivity index (χ0n) is 14.6. The maximum Gasteiger partial charge on any atom is 0.358 e. The molecule has 0 radical (unpaired) electrons. The molecule has 0 saturated heterocycles. The molecule has 0 unspecified atom stereocenters. The first kappa shape index (κ1) is 18.0. The van der Waals surface area contributed by atoms with Gasteiger partial charge in [0, 0.05) is 5.56 Å². The van der Waals surface area contributed by atoms with E-state index in [0.29, 0.717) is 18.1 Å². The third kappa shape index (κ3) is 4.34. The molecular weight excluding hydrogens is 302 g/mol. The quantitative estimate of drug-likeness (QED) is 0.750. The van der Waals surface area contributed by atoms with E-state index in [0.717, 1.165) is 18.4 Å². The van der Waals surface area contributed by atoms with Crippen molar-refractivity contribution >= 4 is 5.97 Å². The largest absolute Gasteiger partial charge is 0.491 e. The number of unbranched alkanes of at least 4 members (excludes halogenated alkanes) is 1. The van der Waals surface area contributed by atoms with Crippen molar-refractivity contribution in [1.82, 2.24) is 4.98 Å². The molecule has 0 aliphatic heterocycles. The van der Waals surface area contributed by atoms with Crippen molar-refractivity contribution in [2.24, 2.45) is 0 Å². The molecule has 1 heterocycles. The summed E-state index contributed by atoms with van der Waals surface area (Å²) < 4.78 is 5.48. The number of aryl methyl sites for hydroxylation is 2. The van der Waals surface area contributed by atoms with Crippen LogP contribution in [0.15, 0.2) is 30.3 Å². The zero-order valence-corrected chi connectivity index (χ0v) is 14.6. The van der Waals surface area contributed by atoms with Crippen molar-refractivity contribution in [3.8, 4) is 17.0 Å². The molecule has 0 spiro atoms. The Morgan fingerprint density at radius 1 is 1.17 bits per heavy atom. The fourth-order valence-electron chi connectivity index (χ4n) is 2.59. The Morgan fingerprint density at radius 3 is 2.58 bits per heavy atom. The van der Waals surface area contributed by atoms with Crippen LogP contribution in [-0.4, -0.2) is 22.7 Å². The number of aromatic nitrogens is 1. The standard InChI is InChI=1S/C20H25NO3/c1-4-6-7-15-8-9-16(13-14(15)3)17-10-11-18(24-12-5-2)19(21-17)20(22)23/h8-11,13H,4-7,12H2,1-3H3,(H,22,23). The Labute approximate surface area is 143 Å². The molecule has 0 atom stereocenters. The molecule has 0 aliphatic carbocycles. The summed E-state index contributed by atoms with van der Waals surface area (Å²) in [6.45, 7) is 6.73. The summed E-state index contributed by atoms with van der Waals surface area (Å²) in [4.78, 5) is 15.8. The van der Waals surface area contributed by atoms with E-state index >= 15 is 0 Å². The Kier molecular flexibility index (Phi) is 6.36. The summed E-state index contributed by atoms with van der Waals surface area (Å²) in [7, 11) is 0. The van der Waals surface area contributed by atoms with Crippen LogP contribution < -0.4 is 4.74 Å². The van der Waals surface area contributed by atoms with Gasteiger partial charge in [-0.1, -0.05) is 32.4 Å². The van der Waals surface area contributed by atoms with Gasteiger partial charge in [-0.05, 0) is 55.5 Å². The van der Waals surface area contributed by atoms with Gasteiger partial charge in [-0.25, -0.2) is 9.78 Å². The third-order valence-corrected chi connectivity index (χ3v) is 3.96. The van der Waals surface area contributed by atoms with Crippen LogP contribution in [0.4, 0.5) is 0 Å². The summed E-state index contributed by atoms with van der Waals surface area (Å²) in [5, 5.41) is 9.39. The normalized spacial score (nSPS) is 10.6. The Balaban J connectivity index is 2.33. The number of rotatable bonds is 8. The van der Waals surface area contributed by atoms with Gasteiger partial charge in [0.1, 0.15) is 0 Å². The number of carbonyl (C=O) groups is 1. The van der Waals surface area contributed by atoms with Crippen LogP contribution in [0.2, 0.25) is 0 Å². The lowest BCUT2D eigenvalue weighted by atomic mass is 9.99. The van der Waals surface area contributed by atoms with Gasteiger partial charge in [-0.15, -0.1) is 0 Å². The molecule has 0 bridgehead atoms. The van der Waals surface area contributed by atoms with Crippen molar-refractivity contribution in [1.29, 1.82) is 0 Å².